The van der Waals surface area contributed by atoms with Crippen LogP contribution in [0.4, 0.5) is 0 Å². The van der Waals surface area contributed by atoms with Crippen LogP contribution in [0.3, 0.4) is 0 Å². The van der Waals surface area contributed by atoms with Crippen LogP contribution in [-0.4, -0.2) is 26.2 Å². The molecular weight excluding hydrogens is 272 g/mol. The third kappa shape index (κ3) is 5.84. The van der Waals surface area contributed by atoms with E-state index in [1.54, 1.807) is 23.9 Å². The molecule has 17 heavy (non-hydrogen) atoms. The van der Waals surface area contributed by atoms with Crippen LogP contribution in [0.25, 0.3) is 0 Å². The predicted octanol–water partition coefficient (Wildman–Crippen LogP) is 3.28. The lowest BCUT2D eigenvalue weighted by Crippen LogP contribution is -1.96. The Morgan fingerprint density at radius 3 is 2.29 bits per heavy atom. The molecule has 0 saturated heterocycles. The average Bonchev–Trinajstić information content (AvgIpc) is 2.28. The Bertz CT molecular complexity index is 424. The first-order valence-corrected chi connectivity index (χ1v) is 9.09. The Kier molecular flexibility index (Phi) is 6.44. The molecule has 0 aliphatic rings. The molecule has 1 aromatic rings. The molecule has 0 atom stereocenters. The fourth-order valence-electron chi connectivity index (χ4n) is 1.36. The average molecular weight is 290 g/mol. The molecule has 5 heteroatoms. The second-order valence-corrected chi connectivity index (χ2v) is 7.51. The summed E-state index contributed by atoms with van der Waals surface area (Å²) >= 11 is 5.94. The van der Waals surface area contributed by atoms with Gasteiger partial charge in [-0.15, -0.1) is 11.8 Å². The lowest BCUT2D eigenvalue weighted by molar-refractivity contribution is 0.602. The van der Waals surface area contributed by atoms with Crippen LogP contribution < -0.4 is 0 Å². The molecule has 0 N–H and O–H groups in total. The molecule has 0 aliphatic carbocycles. The summed E-state index contributed by atoms with van der Waals surface area (Å²) in [5.41, 5.74) is 0. The Labute approximate surface area is 114 Å². The van der Waals surface area contributed by atoms with Crippen LogP contribution in [0.15, 0.2) is 34.1 Å². The molecule has 0 fully saturated rings. The van der Waals surface area contributed by atoms with Gasteiger partial charge < -0.3 is 0 Å². The van der Waals surface area contributed by atoms with Crippen molar-refractivity contribution in [2.75, 3.05) is 17.8 Å². The summed E-state index contributed by atoms with van der Waals surface area (Å²) in [6.07, 6.45) is 4.78. The Morgan fingerprint density at radius 2 is 1.76 bits per heavy atom. The summed E-state index contributed by atoms with van der Waals surface area (Å²) in [5.74, 6) is 2.03. The summed E-state index contributed by atoms with van der Waals surface area (Å²) in [6.45, 7) is 0. The maximum Gasteiger partial charge on any atom is 0.175 e. The standard InChI is InChI=1S/C12H18O2S3/c1-17(13,14)12-7-5-11(6-8-12)16-10-4-2-3-9-15/h5-8,15H,2-4,9-10H2,1H3. The first-order valence-electron chi connectivity index (χ1n) is 5.58. The molecule has 96 valence electrons. The number of hydrogen-bond donors (Lipinski definition) is 1. The molecular formula is C12H18O2S3. The third-order valence-corrected chi connectivity index (χ3v) is 4.87. The fraction of sp³-hybridized carbons (Fsp3) is 0.500. The third-order valence-electron chi connectivity index (χ3n) is 2.32. The highest BCUT2D eigenvalue weighted by Crippen LogP contribution is 2.21. The minimum Gasteiger partial charge on any atom is -0.224 e. The molecule has 0 saturated carbocycles. The maximum atomic E-state index is 11.3. The predicted molar refractivity (Wildman–Crippen MR) is 78.0 cm³/mol. The molecule has 0 amide bonds. The van der Waals surface area contributed by atoms with Gasteiger partial charge in [-0.05, 0) is 48.6 Å². The van der Waals surface area contributed by atoms with Gasteiger partial charge in [-0.3, -0.25) is 0 Å². The van der Waals surface area contributed by atoms with Gasteiger partial charge in [0.1, 0.15) is 0 Å². The minimum absolute atomic E-state index is 0.386. The molecule has 0 heterocycles. The van der Waals surface area contributed by atoms with Crippen molar-refractivity contribution in [1.29, 1.82) is 0 Å². The lowest BCUT2D eigenvalue weighted by atomic mass is 10.3. The van der Waals surface area contributed by atoms with Crippen molar-refractivity contribution in [2.24, 2.45) is 0 Å². The quantitative estimate of drug-likeness (QED) is 0.475. The number of rotatable bonds is 7. The summed E-state index contributed by atoms with van der Waals surface area (Å²) < 4.78 is 22.5. The van der Waals surface area contributed by atoms with Crippen molar-refractivity contribution in [2.45, 2.75) is 29.1 Å². The molecule has 0 spiro atoms. The van der Waals surface area contributed by atoms with Gasteiger partial charge in [0.2, 0.25) is 0 Å². The van der Waals surface area contributed by atoms with Crippen LogP contribution in [0, 0.1) is 0 Å². The number of sulfone groups is 1. The van der Waals surface area contributed by atoms with Crippen molar-refractivity contribution >= 4 is 34.2 Å². The number of hydrogen-bond acceptors (Lipinski definition) is 4. The lowest BCUT2D eigenvalue weighted by Gasteiger charge is -2.03. The first kappa shape index (κ1) is 14.9. The molecule has 0 aliphatic heterocycles. The van der Waals surface area contributed by atoms with E-state index in [1.165, 1.54) is 19.1 Å². The maximum absolute atomic E-state index is 11.3. The summed E-state index contributed by atoms with van der Waals surface area (Å²) in [7, 11) is -3.07. The zero-order chi connectivity index (χ0) is 12.7. The summed E-state index contributed by atoms with van der Waals surface area (Å²) in [5, 5.41) is 0. The van der Waals surface area contributed by atoms with Crippen molar-refractivity contribution in [1.82, 2.24) is 0 Å². The van der Waals surface area contributed by atoms with Gasteiger partial charge in [0, 0.05) is 11.2 Å². The van der Waals surface area contributed by atoms with E-state index < -0.39 is 9.84 Å². The molecule has 2 nitrogen and oxygen atoms in total. The highest BCUT2D eigenvalue weighted by Gasteiger charge is 2.05. The number of benzene rings is 1. The van der Waals surface area contributed by atoms with Crippen LogP contribution >= 0.6 is 24.4 Å². The Hall–Kier alpha value is -0.130. The van der Waals surface area contributed by atoms with Gasteiger partial charge in [0.05, 0.1) is 4.90 Å². The van der Waals surface area contributed by atoms with E-state index in [0.29, 0.717) is 4.90 Å². The fourth-order valence-corrected chi connectivity index (χ4v) is 3.13. The number of unbranched alkanes of at least 4 members (excludes halogenated alkanes) is 2. The Morgan fingerprint density at radius 1 is 1.12 bits per heavy atom. The molecule has 0 bridgehead atoms. The second-order valence-electron chi connectivity index (χ2n) is 3.88. The second kappa shape index (κ2) is 7.34. The highest BCUT2D eigenvalue weighted by molar-refractivity contribution is 7.99. The van der Waals surface area contributed by atoms with Gasteiger partial charge in [-0.1, -0.05) is 6.42 Å². The number of thiol groups is 1. The molecule has 1 rings (SSSR count). The van der Waals surface area contributed by atoms with Gasteiger partial charge in [0.15, 0.2) is 9.84 Å². The number of thioether (sulfide) groups is 1. The zero-order valence-electron chi connectivity index (χ0n) is 9.93. The van der Waals surface area contributed by atoms with Gasteiger partial charge in [-0.25, -0.2) is 8.42 Å². The van der Waals surface area contributed by atoms with E-state index in [0.717, 1.165) is 22.8 Å². The van der Waals surface area contributed by atoms with Crippen molar-refractivity contribution < 1.29 is 8.42 Å². The molecule has 1 aromatic carbocycles. The van der Waals surface area contributed by atoms with Gasteiger partial charge >= 0.3 is 0 Å². The van der Waals surface area contributed by atoms with E-state index in [1.807, 2.05) is 12.1 Å². The van der Waals surface area contributed by atoms with Crippen LogP contribution in [0.5, 0.6) is 0 Å². The van der Waals surface area contributed by atoms with Gasteiger partial charge in [-0.2, -0.15) is 12.6 Å². The summed E-state index contributed by atoms with van der Waals surface area (Å²) in [6, 6.07) is 7.09. The van der Waals surface area contributed by atoms with Crippen LogP contribution in [0.1, 0.15) is 19.3 Å². The van der Waals surface area contributed by atoms with Crippen molar-refractivity contribution in [3.63, 3.8) is 0 Å². The molecule has 0 aromatic heterocycles. The first-order chi connectivity index (χ1) is 8.04. The van der Waals surface area contributed by atoms with E-state index in [4.69, 9.17) is 0 Å². The monoisotopic (exact) mass is 290 g/mol. The Balaban J connectivity index is 2.41. The highest BCUT2D eigenvalue weighted by atomic mass is 32.2. The topological polar surface area (TPSA) is 34.1 Å². The van der Waals surface area contributed by atoms with E-state index in [2.05, 4.69) is 12.6 Å². The zero-order valence-corrected chi connectivity index (χ0v) is 12.5. The van der Waals surface area contributed by atoms with Crippen LogP contribution in [0.2, 0.25) is 0 Å². The smallest absolute Gasteiger partial charge is 0.175 e. The van der Waals surface area contributed by atoms with Crippen molar-refractivity contribution in [3.05, 3.63) is 24.3 Å². The summed E-state index contributed by atoms with van der Waals surface area (Å²) in [4.78, 5) is 1.51. The van der Waals surface area contributed by atoms with Crippen molar-refractivity contribution in [3.8, 4) is 0 Å². The van der Waals surface area contributed by atoms with E-state index in [9.17, 15) is 8.42 Å². The normalized spacial score (nSPS) is 11.6. The largest absolute Gasteiger partial charge is 0.224 e. The van der Waals surface area contributed by atoms with Gasteiger partial charge in [0.25, 0.3) is 0 Å². The van der Waals surface area contributed by atoms with E-state index >= 15 is 0 Å². The molecule has 0 radical (unpaired) electrons. The van der Waals surface area contributed by atoms with E-state index in [-0.39, 0.29) is 0 Å². The molecule has 0 unspecified atom stereocenters. The minimum atomic E-state index is -3.07. The SMILES string of the molecule is CS(=O)(=O)c1ccc(SCCCCCS)cc1. The van der Waals surface area contributed by atoms with Crippen LogP contribution in [-0.2, 0) is 9.84 Å².